The van der Waals surface area contributed by atoms with Crippen molar-refractivity contribution in [2.45, 2.75) is 115 Å². The highest BCUT2D eigenvalue weighted by molar-refractivity contribution is 5.04. The summed E-state index contributed by atoms with van der Waals surface area (Å²) < 4.78 is 0. The predicted molar refractivity (Wildman–Crippen MR) is 118 cm³/mol. The molecule has 1 unspecified atom stereocenters. The number of nitrogens with zero attached hydrogens (tertiary/aromatic N) is 3. The fourth-order valence-corrected chi connectivity index (χ4v) is 5.09. The van der Waals surface area contributed by atoms with Crippen LogP contribution in [0.4, 0.5) is 0 Å². The van der Waals surface area contributed by atoms with Crippen LogP contribution in [-0.4, -0.2) is 93.0 Å². The van der Waals surface area contributed by atoms with E-state index >= 15 is 0 Å². The van der Waals surface area contributed by atoms with Crippen LogP contribution in [0.5, 0.6) is 0 Å². The summed E-state index contributed by atoms with van der Waals surface area (Å²) in [4.78, 5) is 7.25. The van der Waals surface area contributed by atoms with Crippen molar-refractivity contribution in [1.82, 2.24) is 14.7 Å². The van der Waals surface area contributed by atoms with Gasteiger partial charge in [0.15, 0.2) is 0 Å². The molecule has 166 valence electrons. The Morgan fingerprint density at radius 3 is 2.39 bits per heavy atom. The first-order chi connectivity index (χ1) is 12.8. The van der Waals surface area contributed by atoms with Crippen molar-refractivity contribution in [3.8, 4) is 0 Å². The zero-order valence-corrected chi connectivity index (χ0v) is 19.8. The maximum Gasteiger partial charge on any atom is 0.0951 e. The molecule has 2 aliphatic rings. The van der Waals surface area contributed by atoms with Gasteiger partial charge in [0.1, 0.15) is 0 Å². The van der Waals surface area contributed by atoms with Crippen molar-refractivity contribution >= 4 is 0 Å². The summed E-state index contributed by atoms with van der Waals surface area (Å²) in [7, 11) is 2.16. The minimum Gasteiger partial charge on any atom is -0.389 e. The molecule has 0 bridgehead atoms. The van der Waals surface area contributed by atoms with Gasteiger partial charge < -0.3 is 10.2 Å². The Hall–Kier alpha value is -0.200. The monoisotopic (exact) mass is 397 g/mol. The first-order valence-corrected chi connectivity index (χ1v) is 11.4. The molecule has 0 aromatic heterocycles. The van der Waals surface area contributed by atoms with Crippen LogP contribution in [0.25, 0.3) is 0 Å². The van der Waals surface area contributed by atoms with E-state index in [1.54, 1.807) is 0 Å². The van der Waals surface area contributed by atoms with E-state index in [9.17, 15) is 10.2 Å². The Morgan fingerprint density at radius 1 is 1.14 bits per heavy atom. The van der Waals surface area contributed by atoms with Gasteiger partial charge in [-0.15, -0.1) is 0 Å². The van der Waals surface area contributed by atoms with Gasteiger partial charge >= 0.3 is 0 Å². The average molecular weight is 398 g/mol. The molecule has 4 atom stereocenters. The predicted octanol–water partition coefficient (Wildman–Crippen LogP) is 2.95. The second-order valence-corrected chi connectivity index (χ2v) is 10.9. The highest BCUT2D eigenvalue weighted by atomic mass is 16.3. The number of β-amino-alcohol motifs (C(OH)–C–C–N with tert-alkyl or cyclic N) is 2. The molecule has 28 heavy (non-hydrogen) atoms. The van der Waals surface area contributed by atoms with Crippen molar-refractivity contribution < 1.29 is 10.2 Å². The molecule has 0 amide bonds. The van der Waals surface area contributed by atoms with Gasteiger partial charge in [0.05, 0.1) is 11.2 Å². The van der Waals surface area contributed by atoms with Gasteiger partial charge in [-0.25, -0.2) is 0 Å². The summed E-state index contributed by atoms with van der Waals surface area (Å²) in [5, 5.41) is 22.1. The standard InChI is InChI=1S/C23H47N3O2/c1-18(2)25-14-9-12-23(28,17-25)21(5,6)24(8)15-11-20(4)26-16-22(7,27)13-10-19(26)3/h18-20,27-28H,9-17H2,1-8H3/t19-,20?,22+,23-/m0/s1. The zero-order chi connectivity index (χ0) is 21.3. The lowest BCUT2D eigenvalue weighted by molar-refractivity contribution is -0.132. The number of likely N-dealkylation sites (tertiary alicyclic amines) is 2. The molecule has 2 saturated heterocycles. The van der Waals surface area contributed by atoms with Crippen molar-refractivity contribution in [2.75, 3.05) is 33.2 Å². The summed E-state index contributed by atoms with van der Waals surface area (Å²) in [5.74, 6) is 0. The topological polar surface area (TPSA) is 50.2 Å². The third-order valence-electron chi connectivity index (χ3n) is 7.96. The van der Waals surface area contributed by atoms with Crippen LogP contribution in [0.15, 0.2) is 0 Å². The molecule has 5 heteroatoms. The van der Waals surface area contributed by atoms with E-state index in [1.165, 1.54) is 0 Å². The number of likely N-dealkylation sites (N-methyl/N-ethyl adjacent to an activating group) is 1. The second kappa shape index (κ2) is 8.89. The van der Waals surface area contributed by atoms with Crippen LogP contribution in [0, 0.1) is 0 Å². The molecule has 2 fully saturated rings. The molecule has 2 N–H and O–H groups in total. The smallest absolute Gasteiger partial charge is 0.0951 e. The molecule has 0 saturated carbocycles. The first-order valence-electron chi connectivity index (χ1n) is 11.4. The lowest BCUT2D eigenvalue weighted by Crippen LogP contribution is -2.66. The van der Waals surface area contributed by atoms with Crippen molar-refractivity contribution in [3.63, 3.8) is 0 Å². The van der Waals surface area contributed by atoms with Gasteiger partial charge in [-0.05, 0) is 101 Å². The molecule has 2 heterocycles. The summed E-state index contributed by atoms with van der Waals surface area (Å²) >= 11 is 0. The SMILES string of the molecule is CC(C)N1CCC[C@@](O)(C(C)(C)N(C)CCC(C)N2C[C@](C)(O)CC[C@@H]2C)C1. The number of aliphatic hydroxyl groups is 2. The third-order valence-corrected chi connectivity index (χ3v) is 7.96. The maximum atomic E-state index is 11.6. The normalized spacial score (nSPS) is 34.9. The Kier molecular flexibility index (Phi) is 7.64. The summed E-state index contributed by atoms with van der Waals surface area (Å²) in [6.45, 7) is 18.9. The van der Waals surface area contributed by atoms with Crippen LogP contribution < -0.4 is 0 Å². The van der Waals surface area contributed by atoms with Gasteiger partial charge in [0.2, 0.25) is 0 Å². The second-order valence-electron chi connectivity index (χ2n) is 10.9. The average Bonchev–Trinajstić information content (AvgIpc) is 2.61. The largest absolute Gasteiger partial charge is 0.389 e. The fourth-order valence-electron chi connectivity index (χ4n) is 5.09. The minimum atomic E-state index is -0.685. The minimum absolute atomic E-state index is 0.278. The number of hydrogen-bond donors (Lipinski definition) is 2. The lowest BCUT2D eigenvalue weighted by atomic mass is 9.75. The van der Waals surface area contributed by atoms with E-state index in [2.05, 4.69) is 63.3 Å². The van der Waals surface area contributed by atoms with Crippen LogP contribution in [0.2, 0.25) is 0 Å². The number of rotatable bonds is 7. The highest BCUT2D eigenvalue weighted by Gasteiger charge is 2.48. The van der Waals surface area contributed by atoms with E-state index in [1.807, 2.05) is 6.92 Å². The Balaban J connectivity index is 1.97. The van der Waals surface area contributed by atoms with E-state index in [0.717, 1.165) is 58.3 Å². The maximum absolute atomic E-state index is 11.6. The van der Waals surface area contributed by atoms with Crippen LogP contribution in [0.3, 0.4) is 0 Å². The molecule has 0 aliphatic carbocycles. The van der Waals surface area contributed by atoms with Crippen LogP contribution >= 0.6 is 0 Å². The van der Waals surface area contributed by atoms with Crippen molar-refractivity contribution in [3.05, 3.63) is 0 Å². The first kappa shape index (κ1) is 24.1. The third kappa shape index (κ3) is 5.28. The fraction of sp³-hybridized carbons (Fsp3) is 1.00. The summed E-state index contributed by atoms with van der Waals surface area (Å²) in [6, 6.07) is 1.42. The molecular weight excluding hydrogens is 350 g/mol. The molecule has 0 aromatic rings. The van der Waals surface area contributed by atoms with E-state index in [0.29, 0.717) is 18.1 Å². The number of piperidine rings is 2. The molecule has 0 spiro atoms. The van der Waals surface area contributed by atoms with Gasteiger partial charge in [-0.2, -0.15) is 0 Å². The molecule has 5 nitrogen and oxygen atoms in total. The van der Waals surface area contributed by atoms with Crippen LogP contribution in [-0.2, 0) is 0 Å². The van der Waals surface area contributed by atoms with Gasteiger partial charge in [0, 0.05) is 36.8 Å². The van der Waals surface area contributed by atoms with Crippen molar-refractivity contribution in [2.24, 2.45) is 0 Å². The molecule has 2 rings (SSSR count). The Morgan fingerprint density at radius 2 is 1.79 bits per heavy atom. The summed E-state index contributed by atoms with van der Waals surface area (Å²) in [5.41, 5.74) is -1.53. The Bertz CT molecular complexity index is 508. The van der Waals surface area contributed by atoms with Crippen LogP contribution in [0.1, 0.15) is 80.6 Å². The van der Waals surface area contributed by atoms with Gasteiger partial charge in [0.25, 0.3) is 0 Å². The van der Waals surface area contributed by atoms with E-state index < -0.39 is 11.2 Å². The van der Waals surface area contributed by atoms with E-state index in [-0.39, 0.29) is 5.54 Å². The van der Waals surface area contributed by atoms with E-state index in [4.69, 9.17) is 0 Å². The van der Waals surface area contributed by atoms with Gasteiger partial charge in [-0.1, -0.05) is 0 Å². The summed E-state index contributed by atoms with van der Waals surface area (Å²) in [6.07, 6.45) is 4.93. The molecular formula is C23H47N3O2. The Labute approximate surface area is 174 Å². The quantitative estimate of drug-likeness (QED) is 0.692. The number of hydrogen-bond acceptors (Lipinski definition) is 5. The zero-order valence-electron chi connectivity index (χ0n) is 19.8. The van der Waals surface area contributed by atoms with Gasteiger partial charge in [-0.3, -0.25) is 14.7 Å². The lowest BCUT2D eigenvalue weighted by Gasteiger charge is -2.53. The molecule has 2 aliphatic heterocycles. The van der Waals surface area contributed by atoms with Crippen molar-refractivity contribution in [1.29, 1.82) is 0 Å². The molecule has 0 aromatic carbocycles. The molecule has 0 radical (unpaired) electrons. The highest BCUT2D eigenvalue weighted by Crippen LogP contribution is 2.36.